The number of amides is 1. The number of carbonyl (C=O) groups excluding carboxylic acids is 1. The molecule has 0 fully saturated rings. The first-order valence-electron chi connectivity index (χ1n) is 6.20. The second-order valence-corrected chi connectivity index (χ2v) is 3.95. The summed E-state index contributed by atoms with van der Waals surface area (Å²) < 4.78 is 5.47. The van der Waals surface area contributed by atoms with Crippen molar-refractivity contribution in [2.24, 2.45) is 0 Å². The molecular formula is C14H19N3O2. The molecule has 19 heavy (non-hydrogen) atoms. The van der Waals surface area contributed by atoms with Crippen molar-refractivity contribution in [2.75, 3.05) is 13.1 Å². The van der Waals surface area contributed by atoms with Crippen molar-refractivity contribution in [3.05, 3.63) is 24.0 Å². The van der Waals surface area contributed by atoms with Crippen molar-refractivity contribution >= 4 is 5.91 Å². The van der Waals surface area contributed by atoms with Crippen LogP contribution in [0.4, 0.5) is 0 Å². The SMILES string of the molecule is C#CCNC(=O)C(C)Oc1ccc(CNCC)nc1. The zero-order valence-corrected chi connectivity index (χ0v) is 11.3. The Bertz CT molecular complexity index is 437. The molecule has 1 unspecified atom stereocenters. The van der Waals surface area contributed by atoms with Gasteiger partial charge in [0.2, 0.25) is 0 Å². The molecule has 0 aromatic carbocycles. The van der Waals surface area contributed by atoms with Crippen molar-refractivity contribution in [1.82, 2.24) is 15.6 Å². The number of pyridine rings is 1. The van der Waals surface area contributed by atoms with E-state index in [0.29, 0.717) is 5.75 Å². The van der Waals surface area contributed by atoms with Crippen LogP contribution in [0.1, 0.15) is 19.5 Å². The molecule has 0 spiro atoms. The minimum atomic E-state index is -0.602. The summed E-state index contributed by atoms with van der Waals surface area (Å²) >= 11 is 0. The van der Waals surface area contributed by atoms with Gasteiger partial charge in [-0.2, -0.15) is 0 Å². The summed E-state index contributed by atoms with van der Waals surface area (Å²) in [6, 6.07) is 3.66. The lowest BCUT2D eigenvalue weighted by Crippen LogP contribution is -2.36. The van der Waals surface area contributed by atoms with Gasteiger partial charge in [0, 0.05) is 6.54 Å². The largest absolute Gasteiger partial charge is 0.479 e. The third kappa shape index (κ3) is 5.40. The third-order valence-electron chi connectivity index (χ3n) is 2.40. The molecule has 1 rings (SSSR count). The lowest BCUT2D eigenvalue weighted by atomic mass is 10.3. The lowest BCUT2D eigenvalue weighted by Gasteiger charge is -2.13. The maximum atomic E-state index is 11.6. The maximum Gasteiger partial charge on any atom is 0.261 e. The molecule has 5 heteroatoms. The van der Waals surface area contributed by atoms with E-state index in [9.17, 15) is 4.79 Å². The van der Waals surface area contributed by atoms with Gasteiger partial charge < -0.3 is 15.4 Å². The zero-order valence-electron chi connectivity index (χ0n) is 11.3. The number of nitrogens with one attached hydrogen (secondary N) is 2. The van der Waals surface area contributed by atoms with Crippen LogP contribution >= 0.6 is 0 Å². The molecule has 1 aromatic rings. The molecule has 5 nitrogen and oxygen atoms in total. The average molecular weight is 261 g/mol. The highest BCUT2D eigenvalue weighted by Gasteiger charge is 2.13. The fourth-order valence-electron chi connectivity index (χ4n) is 1.38. The molecule has 0 saturated carbocycles. The van der Waals surface area contributed by atoms with Gasteiger partial charge in [-0.05, 0) is 25.6 Å². The van der Waals surface area contributed by atoms with E-state index < -0.39 is 6.10 Å². The summed E-state index contributed by atoms with van der Waals surface area (Å²) in [5.74, 6) is 2.66. The monoisotopic (exact) mass is 261 g/mol. The minimum Gasteiger partial charge on any atom is -0.479 e. The summed E-state index contributed by atoms with van der Waals surface area (Å²) in [4.78, 5) is 15.8. The Labute approximate surface area is 113 Å². The van der Waals surface area contributed by atoms with Crippen LogP contribution in [0.2, 0.25) is 0 Å². The fraction of sp³-hybridized carbons (Fsp3) is 0.429. The second-order valence-electron chi connectivity index (χ2n) is 3.95. The molecule has 1 amide bonds. The number of nitrogens with zero attached hydrogens (tertiary/aromatic N) is 1. The van der Waals surface area contributed by atoms with Crippen LogP contribution in [0.25, 0.3) is 0 Å². The molecule has 1 atom stereocenters. The first-order chi connectivity index (χ1) is 9.17. The van der Waals surface area contributed by atoms with Gasteiger partial charge in [0.05, 0.1) is 18.4 Å². The Balaban J connectivity index is 2.48. The quantitative estimate of drug-likeness (QED) is 0.710. The summed E-state index contributed by atoms with van der Waals surface area (Å²) in [5, 5.41) is 5.74. The molecular weight excluding hydrogens is 242 g/mol. The van der Waals surface area contributed by atoms with Crippen molar-refractivity contribution in [3.63, 3.8) is 0 Å². The van der Waals surface area contributed by atoms with Crippen LogP contribution in [-0.2, 0) is 11.3 Å². The van der Waals surface area contributed by atoms with E-state index in [1.807, 2.05) is 13.0 Å². The highest BCUT2D eigenvalue weighted by Crippen LogP contribution is 2.11. The summed E-state index contributed by atoms with van der Waals surface area (Å²) in [6.45, 7) is 5.51. The first-order valence-corrected chi connectivity index (χ1v) is 6.20. The third-order valence-corrected chi connectivity index (χ3v) is 2.40. The molecule has 2 N–H and O–H groups in total. The number of aromatic nitrogens is 1. The molecule has 1 heterocycles. The molecule has 0 aliphatic rings. The first kappa shape index (κ1) is 15.0. The van der Waals surface area contributed by atoms with Gasteiger partial charge in [-0.3, -0.25) is 9.78 Å². The van der Waals surface area contributed by atoms with Gasteiger partial charge in [0.1, 0.15) is 5.75 Å². The van der Waals surface area contributed by atoms with Crippen molar-refractivity contribution in [3.8, 4) is 18.1 Å². The molecule has 0 bridgehead atoms. The van der Waals surface area contributed by atoms with E-state index in [1.54, 1.807) is 19.2 Å². The number of ether oxygens (including phenoxy) is 1. The average Bonchev–Trinajstić information content (AvgIpc) is 2.43. The Morgan fingerprint density at radius 3 is 2.95 bits per heavy atom. The Morgan fingerprint density at radius 2 is 2.37 bits per heavy atom. The predicted molar refractivity (Wildman–Crippen MR) is 73.6 cm³/mol. The van der Waals surface area contributed by atoms with Crippen LogP contribution < -0.4 is 15.4 Å². The molecule has 0 aliphatic heterocycles. The highest BCUT2D eigenvalue weighted by molar-refractivity contribution is 5.80. The van der Waals surface area contributed by atoms with Gasteiger partial charge in [-0.15, -0.1) is 6.42 Å². The smallest absolute Gasteiger partial charge is 0.261 e. The van der Waals surface area contributed by atoms with Crippen LogP contribution in [0.15, 0.2) is 18.3 Å². The molecule has 102 valence electrons. The molecule has 0 radical (unpaired) electrons. The van der Waals surface area contributed by atoms with Gasteiger partial charge in [0.25, 0.3) is 5.91 Å². The standard InChI is InChI=1S/C14H19N3O2/c1-4-8-16-14(18)11(3)19-13-7-6-12(17-10-13)9-15-5-2/h1,6-7,10-11,15H,5,8-9H2,2-3H3,(H,16,18). The van der Waals surface area contributed by atoms with E-state index in [4.69, 9.17) is 11.2 Å². The normalized spacial score (nSPS) is 11.4. The maximum absolute atomic E-state index is 11.6. The van der Waals surface area contributed by atoms with Gasteiger partial charge in [-0.1, -0.05) is 12.8 Å². The zero-order chi connectivity index (χ0) is 14.1. The number of terminal acetylenes is 1. The number of carbonyl (C=O) groups is 1. The predicted octanol–water partition coefficient (Wildman–Crippen LogP) is 0.708. The van der Waals surface area contributed by atoms with E-state index in [0.717, 1.165) is 18.8 Å². The van der Waals surface area contributed by atoms with E-state index in [1.165, 1.54) is 0 Å². The lowest BCUT2D eigenvalue weighted by molar-refractivity contribution is -0.127. The van der Waals surface area contributed by atoms with Crippen LogP contribution in [0, 0.1) is 12.3 Å². The molecule has 1 aromatic heterocycles. The van der Waals surface area contributed by atoms with Gasteiger partial charge >= 0.3 is 0 Å². The Hall–Kier alpha value is -2.06. The van der Waals surface area contributed by atoms with Gasteiger partial charge in [-0.25, -0.2) is 0 Å². The van der Waals surface area contributed by atoms with Gasteiger partial charge in [0.15, 0.2) is 6.10 Å². The topological polar surface area (TPSA) is 63.2 Å². The highest BCUT2D eigenvalue weighted by atomic mass is 16.5. The van der Waals surface area contributed by atoms with E-state index >= 15 is 0 Å². The van der Waals surface area contributed by atoms with Crippen molar-refractivity contribution in [1.29, 1.82) is 0 Å². The molecule has 0 saturated heterocycles. The van der Waals surface area contributed by atoms with Crippen LogP contribution in [0.5, 0.6) is 5.75 Å². The van der Waals surface area contributed by atoms with E-state index in [2.05, 4.69) is 21.5 Å². The Kier molecular flexibility index (Phi) is 6.41. The Morgan fingerprint density at radius 1 is 1.58 bits per heavy atom. The minimum absolute atomic E-state index is 0.201. The molecule has 0 aliphatic carbocycles. The number of hydrogen-bond acceptors (Lipinski definition) is 4. The summed E-state index contributed by atoms with van der Waals surface area (Å²) in [5.41, 5.74) is 0.929. The summed E-state index contributed by atoms with van der Waals surface area (Å²) in [7, 11) is 0. The van der Waals surface area contributed by atoms with Crippen molar-refractivity contribution < 1.29 is 9.53 Å². The number of hydrogen-bond donors (Lipinski definition) is 2. The van der Waals surface area contributed by atoms with E-state index in [-0.39, 0.29) is 12.5 Å². The summed E-state index contributed by atoms with van der Waals surface area (Å²) in [6.07, 6.45) is 6.07. The number of rotatable bonds is 7. The van der Waals surface area contributed by atoms with Crippen LogP contribution in [-0.4, -0.2) is 30.1 Å². The van der Waals surface area contributed by atoms with Crippen molar-refractivity contribution in [2.45, 2.75) is 26.5 Å². The van der Waals surface area contributed by atoms with Crippen LogP contribution in [0.3, 0.4) is 0 Å². The fourth-order valence-corrected chi connectivity index (χ4v) is 1.38. The second kappa shape index (κ2) is 8.11.